The number of hydrogen-bond donors (Lipinski definition) is 1. The Hall–Kier alpha value is -0.170. The molecule has 0 spiro atoms. The normalized spacial score (nSPS) is 22.6. The average Bonchev–Trinajstić information content (AvgIpc) is 2.50. The lowest BCUT2D eigenvalue weighted by molar-refractivity contribution is 0.238. The highest BCUT2D eigenvalue weighted by molar-refractivity contribution is 7.86. The van der Waals surface area contributed by atoms with E-state index in [1.54, 1.807) is 8.61 Å². The number of rotatable bonds is 9. The van der Waals surface area contributed by atoms with E-state index in [0.717, 1.165) is 32.4 Å². The van der Waals surface area contributed by atoms with Crippen LogP contribution in [0.2, 0.25) is 0 Å². The summed E-state index contributed by atoms with van der Waals surface area (Å²) in [4.78, 5) is 0. The van der Waals surface area contributed by atoms with Crippen molar-refractivity contribution in [1.82, 2.24) is 13.9 Å². The molecule has 1 saturated heterocycles. The molecule has 1 rings (SSSR count). The predicted molar refractivity (Wildman–Crippen MR) is 88.5 cm³/mol. The van der Waals surface area contributed by atoms with Crippen LogP contribution < -0.4 is 5.32 Å². The summed E-state index contributed by atoms with van der Waals surface area (Å²) in [5.74, 6) is 0.845. The maximum Gasteiger partial charge on any atom is 0.281 e. The van der Waals surface area contributed by atoms with Crippen molar-refractivity contribution in [3.8, 4) is 0 Å². The largest absolute Gasteiger partial charge is 0.317 e. The average molecular weight is 320 g/mol. The van der Waals surface area contributed by atoms with Gasteiger partial charge in [0, 0.05) is 26.2 Å². The molecule has 6 heteroatoms. The molecule has 0 aromatic rings. The minimum Gasteiger partial charge on any atom is -0.317 e. The molecule has 0 aromatic carbocycles. The van der Waals surface area contributed by atoms with Gasteiger partial charge in [-0.1, -0.05) is 34.1 Å². The third kappa shape index (κ3) is 5.51. The lowest BCUT2D eigenvalue weighted by Gasteiger charge is -2.36. The zero-order chi connectivity index (χ0) is 15.9. The van der Waals surface area contributed by atoms with Crippen LogP contribution in [0.25, 0.3) is 0 Å². The molecule has 1 heterocycles. The van der Waals surface area contributed by atoms with Crippen molar-refractivity contribution in [2.45, 2.75) is 47.0 Å². The van der Waals surface area contributed by atoms with E-state index in [4.69, 9.17) is 0 Å². The van der Waals surface area contributed by atoms with Crippen LogP contribution in [0.3, 0.4) is 0 Å². The molecule has 5 nitrogen and oxygen atoms in total. The van der Waals surface area contributed by atoms with Crippen LogP contribution >= 0.6 is 0 Å². The second-order valence-corrected chi connectivity index (χ2v) is 8.07. The molecule has 21 heavy (non-hydrogen) atoms. The van der Waals surface area contributed by atoms with E-state index in [0.29, 0.717) is 38.0 Å². The molecule has 0 aromatic heterocycles. The third-order valence-electron chi connectivity index (χ3n) is 4.38. The van der Waals surface area contributed by atoms with Gasteiger partial charge < -0.3 is 5.32 Å². The van der Waals surface area contributed by atoms with Gasteiger partial charge in [0.2, 0.25) is 0 Å². The topological polar surface area (TPSA) is 52.7 Å². The minimum absolute atomic E-state index is 0.405. The van der Waals surface area contributed by atoms with Crippen molar-refractivity contribution in [2.75, 3.05) is 39.3 Å². The second-order valence-electron chi connectivity index (χ2n) is 6.15. The predicted octanol–water partition coefficient (Wildman–Crippen LogP) is 1.92. The van der Waals surface area contributed by atoms with Gasteiger partial charge in [-0.15, -0.1) is 0 Å². The maximum atomic E-state index is 12.8. The zero-order valence-corrected chi connectivity index (χ0v) is 15.0. The summed E-state index contributed by atoms with van der Waals surface area (Å²) in [6.07, 6.45) is 3.10. The first-order valence-electron chi connectivity index (χ1n) is 8.41. The summed E-state index contributed by atoms with van der Waals surface area (Å²) >= 11 is 0. The monoisotopic (exact) mass is 319 g/mol. The summed E-state index contributed by atoms with van der Waals surface area (Å²) in [5, 5.41) is 3.34. The standard InChI is InChI=1S/C15H33N3O2S/c1-5-14(4)12-17(7-3)21(19,20)18-10-8-9-15(13-18)11-16-6-2/h14-16H,5-13H2,1-4H3. The summed E-state index contributed by atoms with van der Waals surface area (Å²) < 4.78 is 29.0. The van der Waals surface area contributed by atoms with Crippen molar-refractivity contribution in [3.63, 3.8) is 0 Å². The first-order chi connectivity index (χ1) is 9.95. The second kappa shape index (κ2) is 9.08. The SMILES string of the molecule is CCNCC1CCCN(S(=O)(=O)N(CC)CC(C)CC)C1. The van der Waals surface area contributed by atoms with Gasteiger partial charge in [-0.3, -0.25) is 0 Å². The molecule has 126 valence electrons. The Balaban J connectivity index is 2.70. The first-order valence-corrected chi connectivity index (χ1v) is 9.81. The minimum atomic E-state index is -3.30. The molecule has 0 radical (unpaired) electrons. The fourth-order valence-electron chi connectivity index (χ4n) is 2.78. The van der Waals surface area contributed by atoms with Gasteiger partial charge >= 0.3 is 0 Å². The Bertz CT molecular complexity index is 386. The van der Waals surface area contributed by atoms with Crippen LogP contribution in [0, 0.1) is 11.8 Å². The van der Waals surface area contributed by atoms with E-state index in [1.807, 2.05) is 6.92 Å². The Kier molecular flexibility index (Phi) is 8.16. The summed E-state index contributed by atoms with van der Waals surface area (Å²) in [5.41, 5.74) is 0. The van der Waals surface area contributed by atoms with Gasteiger partial charge in [0.1, 0.15) is 0 Å². The molecule has 1 fully saturated rings. The number of piperidine rings is 1. The van der Waals surface area contributed by atoms with Crippen molar-refractivity contribution in [3.05, 3.63) is 0 Å². The summed E-state index contributed by atoms with van der Waals surface area (Å²) in [7, 11) is -3.30. The highest BCUT2D eigenvalue weighted by Gasteiger charge is 2.33. The Morgan fingerprint density at radius 3 is 2.62 bits per heavy atom. The molecule has 2 unspecified atom stereocenters. The van der Waals surface area contributed by atoms with Crippen LogP contribution in [0.4, 0.5) is 0 Å². The van der Waals surface area contributed by atoms with Crippen molar-refractivity contribution < 1.29 is 8.42 Å². The molecule has 2 atom stereocenters. The Labute approximate surface area is 131 Å². The smallest absolute Gasteiger partial charge is 0.281 e. The van der Waals surface area contributed by atoms with Crippen LogP contribution in [-0.2, 0) is 10.2 Å². The van der Waals surface area contributed by atoms with Crippen LogP contribution in [-0.4, -0.2) is 56.3 Å². The van der Waals surface area contributed by atoms with E-state index in [-0.39, 0.29) is 0 Å². The molecule has 0 saturated carbocycles. The first kappa shape index (κ1) is 18.9. The van der Waals surface area contributed by atoms with Crippen LogP contribution in [0.15, 0.2) is 0 Å². The van der Waals surface area contributed by atoms with Gasteiger partial charge in [0.05, 0.1) is 0 Å². The zero-order valence-electron chi connectivity index (χ0n) is 14.1. The van der Waals surface area contributed by atoms with Gasteiger partial charge in [0.15, 0.2) is 0 Å². The molecule has 0 aliphatic carbocycles. The van der Waals surface area contributed by atoms with E-state index in [9.17, 15) is 8.42 Å². The molecule has 1 aliphatic heterocycles. The lowest BCUT2D eigenvalue weighted by Crippen LogP contribution is -2.50. The summed E-state index contributed by atoms with van der Waals surface area (Å²) in [6, 6.07) is 0. The van der Waals surface area contributed by atoms with Crippen LogP contribution in [0.5, 0.6) is 0 Å². The Morgan fingerprint density at radius 1 is 1.33 bits per heavy atom. The van der Waals surface area contributed by atoms with E-state index in [2.05, 4.69) is 26.1 Å². The van der Waals surface area contributed by atoms with Crippen LogP contribution in [0.1, 0.15) is 47.0 Å². The highest BCUT2D eigenvalue weighted by Crippen LogP contribution is 2.21. The van der Waals surface area contributed by atoms with E-state index < -0.39 is 10.2 Å². The Morgan fingerprint density at radius 2 is 2.05 bits per heavy atom. The quantitative estimate of drug-likeness (QED) is 0.706. The maximum absolute atomic E-state index is 12.8. The molecule has 1 aliphatic rings. The molecule has 1 N–H and O–H groups in total. The molecule has 0 amide bonds. The molecular formula is C15H33N3O2S. The number of hydrogen-bond acceptors (Lipinski definition) is 3. The van der Waals surface area contributed by atoms with Gasteiger partial charge in [-0.2, -0.15) is 17.0 Å². The van der Waals surface area contributed by atoms with E-state index in [1.165, 1.54) is 0 Å². The lowest BCUT2D eigenvalue weighted by atomic mass is 10.00. The van der Waals surface area contributed by atoms with Gasteiger partial charge in [-0.05, 0) is 37.8 Å². The summed E-state index contributed by atoms with van der Waals surface area (Å²) in [6.45, 7) is 12.6. The van der Waals surface area contributed by atoms with Crippen molar-refractivity contribution >= 4 is 10.2 Å². The van der Waals surface area contributed by atoms with Gasteiger partial charge in [0.25, 0.3) is 10.2 Å². The van der Waals surface area contributed by atoms with Crippen molar-refractivity contribution in [2.24, 2.45) is 11.8 Å². The highest BCUT2D eigenvalue weighted by atomic mass is 32.2. The van der Waals surface area contributed by atoms with E-state index >= 15 is 0 Å². The fraction of sp³-hybridized carbons (Fsp3) is 1.00. The van der Waals surface area contributed by atoms with Crippen molar-refractivity contribution in [1.29, 1.82) is 0 Å². The third-order valence-corrected chi connectivity index (χ3v) is 6.43. The fourth-order valence-corrected chi connectivity index (χ4v) is 4.63. The van der Waals surface area contributed by atoms with Gasteiger partial charge in [-0.25, -0.2) is 0 Å². The molecular weight excluding hydrogens is 286 g/mol. The molecule has 0 bridgehead atoms. The number of nitrogens with zero attached hydrogens (tertiary/aromatic N) is 2. The number of nitrogens with one attached hydrogen (secondary N) is 1.